The average Bonchev–Trinajstić information content (AvgIpc) is 2.84. The van der Waals surface area contributed by atoms with Crippen molar-refractivity contribution in [2.24, 2.45) is 0 Å². The molecule has 0 bridgehead atoms. The molecule has 0 aromatic heterocycles. The number of allylic oxidation sites excluding steroid dienone is 1. The Balaban J connectivity index is 1.99. The molecule has 3 nitrogen and oxygen atoms in total. The molecule has 0 unspecified atom stereocenters. The highest BCUT2D eigenvalue weighted by atomic mass is 32.2. The molecule has 0 amide bonds. The molecule has 1 aliphatic heterocycles. The Kier molecular flexibility index (Phi) is 3.71. The molecule has 0 radical (unpaired) electrons. The SMILES string of the molecule is COc1ccc(C=C2Sc3ccccc3C2=O)c(OC)c1. The highest BCUT2D eigenvalue weighted by molar-refractivity contribution is 8.04. The van der Waals surface area contributed by atoms with E-state index >= 15 is 0 Å². The minimum Gasteiger partial charge on any atom is -0.497 e. The summed E-state index contributed by atoms with van der Waals surface area (Å²) in [4.78, 5) is 14.1. The van der Waals surface area contributed by atoms with Crippen LogP contribution in [0.2, 0.25) is 0 Å². The normalized spacial score (nSPS) is 15.1. The van der Waals surface area contributed by atoms with Gasteiger partial charge in [-0.25, -0.2) is 0 Å². The second-order valence-electron chi connectivity index (χ2n) is 4.54. The molecule has 0 N–H and O–H groups in total. The van der Waals surface area contributed by atoms with Gasteiger partial charge >= 0.3 is 0 Å². The zero-order valence-electron chi connectivity index (χ0n) is 11.8. The number of hydrogen-bond donors (Lipinski definition) is 0. The first-order chi connectivity index (χ1) is 10.2. The van der Waals surface area contributed by atoms with Crippen molar-refractivity contribution in [3.8, 4) is 11.5 Å². The Hall–Kier alpha value is -2.20. The number of ether oxygens (including phenoxy) is 2. The first kappa shape index (κ1) is 13.8. The van der Waals surface area contributed by atoms with E-state index < -0.39 is 0 Å². The minimum absolute atomic E-state index is 0.0634. The van der Waals surface area contributed by atoms with Gasteiger partial charge in [-0.05, 0) is 30.3 Å². The monoisotopic (exact) mass is 298 g/mol. The molecule has 2 aromatic carbocycles. The van der Waals surface area contributed by atoms with Gasteiger partial charge in [0.1, 0.15) is 11.5 Å². The van der Waals surface area contributed by atoms with Gasteiger partial charge in [0, 0.05) is 22.1 Å². The number of methoxy groups -OCH3 is 2. The Morgan fingerprint density at radius 1 is 1.05 bits per heavy atom. The number of carbonyl (C=O) groups excluding carboxylic acids is 1. The van der Waals surface area contributed by atoms with Gasteiger partial charge in [-0.2, -0.15) is 0 Å². The molecule has 0 saturated carbocycles. The summed E-state index contributed by atoms with van der Waals surface area (Å²) in [5.41, 5.74) is 1.63. The lowest BCUT2D eigenvalue weighted by atomic mass is 10.1. The second kappa shape index (κ2) is 5.66. The smallest absolute Gasteiger partial charge is 0.200 e. The Morgan fingerprint density at radius 3 is 2.57 bits per heavy atom. The summed E-state index contributed by atoms with van der Waals surface area (Å²) in [6, 6.07) is 13.2. The van der Waals surface area contributed by atoms with E-state index in [-0.39, 0.29) is 5.78 Å². The number of carbonyl (C=O) groups is 1. The molecule has 0 spiro atoms. The summed E-state index contributed by atoms with van der Waals surface area (Å²) in [6.07, 6.45) is 1.87. The van der Waals surface area contributed by atoms with Crippen molar-refractivity contribution in [1.82, 2.24) is 0 Å². The molecule has 0 atom stereocenters. The summed E-state index contributed by atoms with van der Waals surface area (Å²) in [6.45, 7) is 0. The predicted octanol–water partition coefficient (Wildman–Crippen LogP) is 4.03. The number of rotatable bonds is 3. The van der Waals surface area contributed by atoms with E-state index in [9.17, 15) is 4.79 Å². The van der Waals surface area contributed by atoms with E-state index in [0.717, 1.165) is 21.8 Å². The van der Waals surface area contributed by atoms with E-state index in [0.29, 0.717) is 10.7 Å². The van der Waals surface area contributed by atoms with Crippen molar-refractivity contribution in [1.29, 1.82) is 0 Å². The molecule has 1 heterocycles. The van der Waals surface area contributed by atoms with Gasteiger partial charge in [0.15, 0.2) is 0 Å². The largest absolute Gasteiger partial charge is 0.497 e. The van der Waals surface area contributed by atoms with Crippen LogP contribution in [-0.2, 0) is 0 Å². The number of fused-ring (bicyclic) bond motifs is 1. The van der Waals surface area contributed by atoms with Gasteiger partial charge in [0.25, 0.3) is 0 Å². The third-order valence-corrected chi connectivity index (χ3v) is 4.40. The molecular formula is C17H14O3S. The van der Waals surface area contributed by atoms with Crippen LogP contribution in [0.4, 0.5) is 0 Å². The van der Waals surface area contributed by atoms with Crippen LogP contribution in [0, 0.1) is 0 Å². The van der Waals surface area contributed by atoms with Crippen LogP contribution in [0.1, 0.15) is 15.9 Å². The maximum Gasteiger partial charge on any atom is 0.200 e. The van der Waals surface area contributed by atoms with Crippen molar-refractivity contribution in [3.63, 3.8) is 0 Å². The molecular weight excluding hydrogens is 284 g/mol. The lowest BCUT2D eigenvalue weighted by Crippen LogP contribution is -1.95. The minimum atomic E-state index is 0.0634. The topological polar surface area (TPSA) is 35.5 Å². The van der Waals surface area contributed by atoms with Crippen molar-refractivity contribution >= 4 is 23.6 Å². The van der Waals surface area contributed by atoms with Gasteiger partial charge in [-0.3, -0.25) is 4.79 Å². The van der Waals surface area contributed by atoms with Gasteiger partial charge in [0.05, 0.1) is 19.1 Å². The van der Waals surface area contributed by atoms with Crippen LogP contribution in [0.3, 0.4) is 0 Å². The van der Waals surface area contributed by atoms with Gasteiger partial charge < -0.3 is 9.47 Å². The van der Waals surface area contributed by atoms with Crippen LogP contribution < -0.4 is 9.47 Å². The second-order valence-corrected chi connectivity index (χ2v) is 5.63. The maximum absolute atomic E-state index is 12.4. The molecule has 2 aromatic rings. The molecule has 0 fully saturated rings. The van der Waals surface area contributed by atoms with Crippen molar-refractivity contribution in [3.05, 3.63) is 58.5 Å². The van der Waals surface area contributed by atoms with E-state index in [1.54, 1.807) is 14.2 Å². The van der Waals surface area contributed by atoms with E-state index in [1.807, 2.05) is 48.5 Å². The zero-order chi connectivity index (χ0) is 14.8. The van der Waals surface area contributed by atoms with Crippen molar-refractivity contribution < 1.29 is 14.3 Å². The molecule has 21 heavy (non-hydrogen) atoms. The summed E-state index contributed by atoms with van der Waals surface area (Å²) in [5, 5.41) is 0. The molecule has 106 valence electrons. The van der Waals surface area contributed by atoms with Gasteiger partial charge in [0.2, 0.25) is 5.78 Å². The molecule has 4 heteroatoms. The highest BCUT2D eigenvalue weighted by Crippen LogP contribution is 2.41. The number of benzene rings is 2. The fraction of sp³-hybridized carbons (Fsp3) is 0.118. The van der Waals surface area contributed by atoms with Crippen LogP contribution in [0.15, 0.2) is 52.3 Å². The van der Waals surface area contributed by atoms with E-state index in [2.05, 4.69) is 0 Å². The number of thioether (sulfide) groups is 1. The lowest BCUT2D eigenvalue weighted by Gasteiger charge is -2.07. The summed E-state index contributed by atoms with van der Waals surface area (Å²) in [7, 11) is 3.22. The van der Waals surface area contributed by atoms with Crippen LogP contribution in [0.25, 0.3) is 6.08 Å². The Bertz CT molecular complexity index is 735. The number of Topliss-reactive ketones (excluding diaryl/α,β-unsaturated/α-hetero) is 1. The molecule has 0 saturated heterocycles. The summed E-state index contributed by atoms with van der Waals surface area (Å²) in [5.74, 6) is 1.47. The number of ketones is 1. The molecule has 3 rings (SSSR count). The first-order valence-corrected chi connectivity index (χ1v) is 7.30. The van der Waals surface area contributed by atoms with E-state index in [1.165, 1.54) is 11.8 Å². The molecule has 1 aliphatic rings. The zero-order valence-corrected chi connectivity index (χ0v) is 12.6. The Labute approximate surface area is 127 Å². The first-order valence-electron chi connectivity index (χ1n) is 6.48. The summed E-state index contributed by atoms with van der Waals surface area (Å²) < 4.78 is 10.5. The standard InChI is InChI=1S/C17H14O3S/c1-19-12-8-7-11(14(10-12)20-2)9-16-17(18)13-5-3-4-6-15(13)21-16/h3-10H,1-2H3. The fourth-order valence-corrected chi connectivity index (χ4v) is 3.26. The fourth-order valence-electron chi connectivity index (χ4n) is 2.21. The maximum atomic E-state index is 12.4. The third kappa shape index (κ3) is 2.54. The molecule has 0 aliphatic carbocycles. The third-order valence-electron chi connectivity index (χ3n) is 3.30. The van der Waals surface area contributed by atoms with Crippen LogP contribution in [-0.4, -0.2) is 20.0 Å². The average molecular weight is 298 g/mol. The van der Waals surface area contributed by atoms with Gasteiger partial charge in [-0.15, -0.1) is 0 Å². The Morgan fingerprint density at radius 2 is 1.86 bits per heavy atom. The van der Waals surface area contributed by atoms with Crippen molar-refractivity contribution in [2.75, 3.05) is 14.2 Å². The quantitative estimate of drug-likeness (QED) is 0.801. The van der Waals surface area contributed by atoms with Gasteiger partial charge in [-0.1, -0.05) is 23.9 Å². The highest BCUT2D eigenvalue weighted by Gasteiger charge is 2.25. The van der Waals surface area contributed by atoms with E-state index in [4.69, 9.17) is 9.47 Å². The predicted molar refractivity (Wildman–Crippen MR) is 84.2 cm³/mol. The number of hydrogen-bond acceptors (Lipinski definition) is 4. The van der Waals surface area contributed by atoms with Crippen LogP contribution >= 0.6 is 11.8 Å². The lowest BCUT2D eigenvalue weighted by molar-refractivity contribution is 0.104. The summed E-state index contributed by atoms with van der Waals surface area (Å²) >= 11 is 1.49. The van der Waals surface area contributed by atoms with Crippen molar-refractivity contribution in [2.45, 2.75) is 4.90 Å². The van der Waals surface area contributed by atoms with Crippen LogP contribution in [0.5, 0.6) is 11.5 Å².